The molecule has 2 saturated heterocycles. The molecular formula is C19H29N5O3. The van der Waals surface area contributed by atoms with Gasteiger partial charge >= 0.3 is 12.0 Å². The minimum atomic E-state index is -0.279. The number of piperazine rings is 1. The Kier molecular flexibility index (Phi) is 6.49. The van der Waals surface area contributed by atoms with Crippen molar-refractivity contribution in [3.8, 4) is 0 Å². The van der Waals surface area contributed by atoms with E-state index in [4.69, 9.17) is 4.74 Å². The Bertz CT molecular complexity index is 633. The molecule has 8 nitrogen and oxygen atoms in total. The van der Waals surface area contributed by atoms with Crippen LogP contribution in [0.1, 0.15) is 19.8 Å². The number of urea groups is 1. The average molecular weight is 375 g/mol. The Balaban J connectivity index is 1.47. The van der Waals surface area contributed by atoms with E-state index in [0.29, 0.717) is 19.6 Å². The molecule has 2 aliphatic heterocycles. The highest BCUT2D eigenvalue weighted by molar-refractivity contribution is 5.76. The van der Waals surface area contributed by atoms with Crippen LogP contribution in [0.15, 0.2) is 24.5 Å². The molecule has 2 atom stereocenters. The number of methoxy groups -OCH3 is 1. The van der Waals surface area contributed by atoms with Gasteiger partial charge in [0, 0.05) is 56.8 Å². The molecule has 8 heteroatoms. The molecule has 148 valence electrons. The molecule has 2 amide bonds. The number of rotatable bonds is 4. The van der Waals surface area contributed by atoms with Crippen LogP contribution in [-0.2, 0) is 9.53 Å². The maximum absolute atomic E-state index is 12.7. The minimum absolute atomic E-state index is 0.0121. The molecule has 27 heavy (non-hydrogen) atoms. The largest absolute Gasteiger partial charge is 0.468 e. The van der Waals surface area contributed by atoms with Gasteiger partial charge in [0.2, 0.25) is 0 Å². The van der Waals surface area contributed by atoms with Gasteiger partial charge in [-0.15, -0.1) is 0 Å². The van der Waals surface area contributed by atoms with Gasteiger partial charge in [0.1, 0.15) is 6.04 Å². The summed E-state index contributed by atoms with van der Waals surface area (Å²) in [7, 11) is 1.41. The van der Waals surface area contributed by atoms with Gasteiger partial charge in [-0.05, 0) is 38.4 Å². The molecule has 0 radical (unpaired) electrons. The third-order valence-corrected chi connectivity index (χ3v) is 5.47. The number of nitrogens with one attached hydrogen (secondary N) is 1. The van der Waals surface area contributed by atoms with Crippen LogP contribution < -0.4 is 10.2 Å². The first kappa shape index (κ1) is 19.4. The molecular weight excluding hydrogens is 346 g/mol. The van der Waals surface area contributed by atoms with Crippen molar-refractivity contribution in [3.05, 3.63) is 24.5 Å². The van der Waals surface area contributed by atoms with E-state index >= 15 is 0 Å². The maximum atomic E-state index is 12.7. The van der Waals surface area contributed by atoms with Gasteiger partial charge < -0.3 is 19.9 Å². The fraction of sp³-hybridized carbons (Fsp3) is 0.632. The molecule has 2 aliphatic rings. The number of carbonyl (C=O) groups is 2. The van der Waals surface area contributed by atoms with Crippen LogP contribution >= 0.6 is 0 Å². The first-order valence-corrected chi connectivity index (χ1v) is 9.61. The van der Waals surface area contributed by atoms with Crippen LogP contribution in [0.5, 0.6) is 0 Å². The molecule has 1 aromatic rings. The number of esters is 1. The fourth-order valence-electron chi connectivity index (χ4n) is 3.78. The van der Waals surface area contributed by atoms with Crippen molar-refractivity contribution < 1.29 is 14.3 Å². The molecule has 3 heterocycles. The lowest BCUT2D eigenvalue weighted by Gasteiger charge is -2.39. The van der Waals surface area contributed by atoms with Crippen LogP contribution in [0.3, 0.4) is 0 Å². The van der Waals surface area contributed by atoms with Gasteiger partial charge in [-0.3, -0.25) is 14.7 Å². The number of piperidine rings is 1. The average Bonchev–Trinajstić information content (AvgIpc) is 2.73. The molecule has 0 aliphatic carbocycles. The normalized spacial score (nSPS) is 22.2. The molecule has 2 fully saturated rings. The number of nitrogens with zero attached hydrogens (tertiary/aromatic N) is 4. The summed E-state index contributed by atoms with van der Waals surface area (Å²) < 4.78 is 4.84. The number of hydrogen-bond acceptors (Lipinski definition) is 6. The Morgan fingerprint density at radius 1 is 1.19 bits per heavy atom. The monoisotopic (exact) mass is 375 g/mol. The maximum Gasteiger partial charge on any atom is 0.322 e. The summed E-state index contributed by atoms with van der Waals surface area (Å²) in [5.41, 5.74) is 1.14. The summed E-state index contributed by atoms with van der Waals surface area (Å²) in [6.07, 6.45) is 5.48. The fourth-order valence-corrected chi connectivity index (χ4v) is 3.78. The van der Waals surface area contributed by atoms with Gasteiger partial charge in [0.15, 0.2) is 0 Å². The van der Waals surface area contributed by atoms with Crippen molar-refractivity contribution in [2.45, 2.75) is 31.8 Å². The van der Waals surface area contributed by atoms with E-state index < -0.39 is 0 Å². The predicted molar refractivity (Wildman–Crippen MR) is 103 cm³/mol. The lowest BCUT2D eigenvalue weighted by molar-refractivity contribution is -0.146. The van der Waals surface area contributed by atoms with Crippen molar-refractivity contribution in [2.24, 2.45) is 0 Å². The molecule has 0 saturated carbocycles. The summed E-state index contributed by atoms with van der Waals surface area (Å²) in [6.45, 7) is 6.41. The highest BCUT2D eigenvalue weighted by atomic mass is 16.5. The summed E-state index contributed by atoms with van der Waals surface area (Å²) in [6, 6.07) is 3.76. The summed E-state index contributed by atoms with van der Waals surface area (Å²) in [4.78, 5) is 34.7. The van der Waals surface area contributed by atoms with Crippen LogP contribution in [0.25, 0.3) is 0 Å². The smallest absolute Gasteiger partial charge is 0.322 e. The third-order valence-electron chi connectivity index (χ3n) is 5.47. The number of carbonyl (C=O) groups excluding carboxylic acids is 2. The predicted octanol–water partition coefficient (Wildman–Crippen LogP) is 0.939. The molecule has 0 aromatic carbocycles. The van der Waals surface area contributed by atoms with Gasteiger partial charge in [-0.2, -0.15) is 0 Å². The topological polar surface area (TPSA) is 78.0 Å². The van der Waals surface area contributed by atoms with Gasteiger partial charge in [-0.1, -0.05) is 0 Å². The number of anilines is 1. The number of hydrogen-bond donors (Lipinski definition) is 1. The molecule has 1 N–H and O–H groups in total. The number of ether oxygens (including phenoxy) is 1. The number of aromatic nitrogens is 1. The zero-order chi connectivity index (χ0) is 19.2. The first-order chi connectivity index (χ1) is 13.1. The van der Waals surface area contributed by atoms with Crippen LogP contribution in [0.2, 0.25) is 0 Å². The molecule has 3 rings (SSSR count). The van der Waals surface area contributed by atoms with Crippen LogP contribution in [-0.4, -0.2) is 85.2 Å². The summed E-state index contributed by atoms with van der Waals surface area (Å²) in [5.74, 6) is -0.228. The van der Waals surface area contributed by atoms with Crippen LogP contribution in [0, 0.1) is 0 Å². The van der Waals surface area contributed by atoms with E-state index in [1.165, 1.54) is 7.11 Å². The summed E-state index contributed by atoms with van der Waals surface area (Å²) in [5, 5.41) is 3.15. The summed E-state index contributed by atoms with van der Waals surface area (Å²) >= 11 is 0. The SMILES string of the molecule is COC(=O)C(C)N1CCCC(NC(=O)N2CCN(c3ccncc3)CC2)C1. The van der Waals surface area contributed by atoms with E-state index in [0.717, 1.165) is 38.2 Å². The van der Waals surface area contributed by atoms with E-state index in [1.807, 2.05) is 24.0 Å². The van der Waals surface area contributed by atoms with Crippen molar-refractivity contribution in [2.75, 3.05) is 51.3 Å². The highest BCUT2D eigenvalue weighted by Gasteiger charge is 2.30. The van der Waals surface area contributed by atoms with Crippen LogP contribution in [0.4, 0.5) is 10.5 Å². The molecule has 2 unspecified atom stereocenters. The van der Waals surface area contributed by atoms with Crippen molar-refractivity contribution >= 4 is 17.7 Å². The second-order valence-electron chi connectivity index (χ2n) is 7.16. The van der Waals surface area contributed by atoms with E-state index in [1.54, 1.807) is 12.4 Å². The minimum Gasteiger partial charge on any atom is -0.468 e. The van der Waals surface area contributed by atoms with Gasteiger partial charge in [0.05, 0.1) is 7.11 Å². The van der Waals surface area contributed by atoms with Gasteiger partial charge in [-0.25, -0.2) is 4.79 Å². The van der Waals surface area contributed by atoms with Crippen molar-refractivity contribution in [1.29, 1.82) is 0 Å². The lowest BCUT2D eigenvalue weighted by Crippen LogP contribution is -2.57. The van der Waals surface area contributed by atoms with E-state index in [2.05, 4.69) is 20.1 Å². The Morgan fingerprint density at radius 3 is 2.56 bits per heavy atom. The van der Waals surface area contributed by atoms with Crippen molar-refractivity contribution in [1.82, 2.24) is 20.1 Å². The van der Waals surface area contributed by atoms with E-state index in [-0.39, 0.29) is 24.1 Å². The standard InChI is InChI=1S/C19H29N5O3/c1-15(18(25)27-2)24-9-3-4-16(14-24)21-19(26)23-12-10-22(11-13-23)17-5-7-20-8-6-17/h5-8,15-16H,3-4,9-14H2,1-2H3,(H,21,26). The van der Waals surface area contributed by atoms with Crippen molar-refractivity contribution in [3.63, 3.8) is 0 Å². The zero-order valence-electron chi connectivity index (χ0n) is 16.1. The molecule has 1 aromatic heterocycles. The number of amides is 2. The Labute approximate surface area is 160 Å². The lowest BCUT2D eigenvalue weighted by atomic mass is 10.0. The Hall–Kier alpha value is -2.35. The highest BCUT2D eigenvalue weighted by Crippen LogP contribution is 2.16. The first-order valence-electron chi connectivity index (χ1n) is 9.61. The Morgan fingerprint density at radius 2 is 1.89 bits per heavy atom. The molecule has 0 bridgehead atoms. The number of pyridine rings is 1. The second-order valence-corrected chi connectivity index (χ2v) is 7.16. The van der Waals surface area contributed by atoms with E-state index in [9.17, 15) is 9.59 Å². The third kappa shape index (κ3) is 4.88. The second kappa shape index (κ2) is 9.03. The number of likely N-dealkylation sites (tertiary alicyclic amines) is 1. The van der Waals surface area contributed by atoms with Gasteiger partial charge in [0.25, 0.3) is 0 Å². The molecule has 0 spiro atoms. The zero-order valence-corrected chi connectivity index (χ0v) is 16.1. The quantitative estimate of drug-likeness (QED) is 0.789.